The third kappa shape index (κ3) is 4.31. The second-order valence-corrected chi connectivity index (χ2v) is 8.57. The highest BCUT2D eigenvalue weighted by atomic mass is 32.2. The quantitative estimate of drug-likeness (QED) is 0.828. The summed E-state index contributed by atoms with van der Waals surface area (Å²) < 4.78 is 28.5. The highest BCUT2D eigenvalue weighted by Gasteiger charge is 2.30. The van der Waals surface area contributed by atoms with Gasteiger partial charge in [-0.05, 0) is 31.0 Å². The Morgan fingerprint density at radius 1 is 1.23 bits per heavy atom. The maximum atomic E-state index is 12.6. The molecule has 1 N–H and O–H groups in total. The standard InChI is InChI=1S/C18H24N4O3S/c1-15(14-21-11-5-10-19-21)18(23)20-16-8-12-22(13-9-16)26(24,25)17-6-3-2-4-7-17/h2-7,10-11,15-16H,8-9,12-14H2,1H3,(H,20,23)/t15-/m0/s1. The zero-order valence-corrected chi connectivity index (χ0v) is 15.6. The molecule has 26 heavy (non-hydrogen) atoms. The van der Waals surface area contributed by atoms with Crippen LogP contribution in [0.3, 0.4) is 0 Å². The number of nitrogens with one attached hydrogen (secondary N) is 1. The number of piperidine rings is 1. The average Bonchev–Trinajstić information content (AvgIpc) is 3.16. The van der Waals surface area contributed by atoms with Crippen molar-refractivity contribution in [2.45, 2.75) is 37.2 Å². The fourth-order valence-electron chi connectivity index (χ4n) is 3.10. The first kappa shape index (κ1) is 18.6. The van der Waals surface area contributed by atoms with Crippen molar-refractivity contribution in [3.63, 3.8) is 0 Å². The lowest BCUT2D eigenvalue weighted by molar-refractivity contribution is -0.125. The van der Waals surface area contributed by atoms with Gasteiger partial charge in [-0.15, -0.1) is 0 Å². The van der Waals surface area contributed by atoms with Crippen molar-refractivity contribution in [3.8, 4) is 0 Å². The molecular weight excluding hydrogens is 352 g/mol. The van der Waals surface area contributed by atoms with Gasteiger partial charge in [0.25, 0.3) is 0 Å². The van der Waals surface area contributed by atoms with Gasteiger partial charge in [0, 0.05) is 31.5 Å². The first-order valence-corrected chi connectivity index (χ1v) is 10.2. The summed E-state index contributed by atoms with van der Waals surface area (Å²) in [7, 11) is -3.46. The van der Waals surface area contributed by atoms with Crippen LogP contribution in [0.1, 0.15) is 19.8 Å². The summed E-state index contributed by atoms with van der Waals surface area (Å²) in [5.74, 6) is -0.217. The zero-order chi connectivity index (χ0) is 18.6. The molecule has 140 valence electrons. The molecule has 1 aromatic heterocycles. The Labute approximate surface area is 154 Å². The Hall–Kier alpha value is -2.19. The van der Waals surface area contributed by atoms with Crippen molar-refractivity contribution in [3.05, 3.63) is 48.8 Å². The molecule has 2 aromatic rings. The number of nitrogens with zero attached hydrogens (tertiary/aromatic N) is 3. The van der Waals surface area contributed by atoms with Crippen LogP contribution in [0.5, 0.6) is 0 Å². The summed E-state index contributed by atoms with van der Waals surface area (Å²) in [6, 6.07) is 10.3. The smallest absolute Gasteiger partial charge is 0.243 e. The molecule has 1 fully saturated rings. The minimum absolute atomic E-state index is 0.00444. The van der Waals surface area contributed by atoms with Crippen molar-refractivity contribution < 1.29 is 13.2 Å². The van der Waals surface area contributed by atoms with Crippen molar-refractivity contribution >= 4 is 15.9 Å². The summed E-state index contributed by atoms with van der Waals surface area (Å²) in [6.07, 6.45) is 4.75. The number of benzene rings is 1. The van der Waals surface area contributed by atoms with Crippen LogP contribution in [0.15, 0.2) is 53.7 Å². The van der Waals surface area contributed by atoms with Crippen molar-refractivity contribution in [1.29, 1.82) is 0 Å². The van der Waals surface area contributed by atoms with E-state index in [-0.39, 0.29) is 17.9 Å². The number of hydrogen-bond donors (Lipinski definition) is 1. The molecule has 0 spiro atoms. The minimum Gasteiger partial charge on any atom is -0.353 e. The predicted molar refractivity (Wildman–Crippen MR) is 97.8 cm³/mol. The first-order valence-electron chi connectivity index (χ1n) is 8.80. The molecule has 0 bridgehead atoms. The molecule has 1 aliphatic rings. The molecule has 1 amide bonds. The molecule has 8 heteroatoms. The van der Waals surface area contributed by atoms with Crippen LogP contribution in [0, 0.1) is 5.92 Å². The normalized spacial score (nSPS) is 17.7. The van der Waals surface area contributed by atoms with Gasteiger partial charge in [-0.25, -0.2) is 8.42 Å². The molecule has 2 heterocycles. The van der Waals surface area contributed by atoms with E-state index >= 15 is 0 Å². The summed E-state index contributed by atoms with van der Waals surface area (Å²) in [5.41, 5.74) is 0. The number of carbonyl (C=O) groups is 1. The number of sulfonamides is 1. The summed E-state index contributed by atoms with van der Waals surface area (Å²) in [6.45, 7) is 3.22. The zero-order valence-electron chi connectivity index (χ0n) is 14.8. The minimum atomic E-state index is -3.46. The van der Waals surface area contributed by atoms with Crippen molar-refractivity contribution in [2.24, 2.45) is 5.92 Å². The van der Waals surface area contributed by atoms with Gasteiger partial charge in [0.1, 0.15) is 0 Å². The second kappa shape index (κ2) is 8.01. The van der Waals surface area contributed by atoms with E-state index in [1.807, 2.05) is 19.2 Å². The second-order valence-electron chi connectivity index (χ2n) is 6.63. The Bertz CT molecular complexity index is 813. The van der Waals surface area contributed by atoms with Gasteiger partial charge in [-0.2, -0.15) is 9.40 Å². The third-order valence-electron chi connectivity index (χ3n) is 4.65. The monoisotopic (exact) mass is 376 g/mol. The van der Waals surface area contributed by atoms with E-state index in [9.17, 15) is 13.2 Å². The average molecular weight is 376 g/mol. The van der Waals surface area contributed by atoms with Gasteiger partial charge in [0.15, 0.2) is 0 Å². The summed E-state index contributed by atoms with van der Waals surface area (Å²) in [5, 5.41) is 7.16. The number of hydrogen-bond acceptors (Lipinski definition) is 4. The van der Waals surface area contributed by atoms with E-state index in [4.69, 9.17) is 0 Å². The Kier molecular flexibility index (Phi) is 5.73. The third-order valence-corrected chi connectivity index (χ3v) is 6.56. The molecule has 1 saturated heterocycles. The molecule has 7 nitrogen and oxygen atoms in total. The van der Waals surface area contributed by atoms with Crippen molar-refractivity contribution in [2.75, 3.05) is 13.1 Å². The number of aromatic nitrogens is 2. The number of rotatable bonds is 6. The van der Waals surface area contributed by atoms with E-state index in [0.29, 0.717) is 37.4 Å². The molecular formula is C18H24N4O3S. The van der Waals surface area contributed by atoms with E-state index in [1.54, 1.807) is 41.2 Å². The van der Waals surface area contributed by atoms with Gasteiger partial charge >= 0.3 is 0 Å². The van der Waals surface area contributed by atoms with Gasteiger partial charge in [0.05, 0.1) is 17.4 Å². The summed E-state index contributed by atoms with van der Waals surface area (Å²) >= 11 is 0. The van der Waals surface area contributed by atoms with E-state index in [0.717, 1.165) is 0 Å². The largest absolute Gasteiger partial charge is 0.353 e. The molecule has 1 atom stereocenters. The van der Waals surface area contributed by atoms with Crippen LogP contribution < -0.4 is 5.32 Å². The van der Waals surface area contributed by atoms with Crippen LogP contribution in [-0.2, 0) is 21.4 Å². The highest BCUT2D eigenvalue weighted by Crippen LogP contribution is 2.20. The lowest BCUT2D eigenvalue weighted by Crippen LogP contribution is -2.47. The lowest BCUT2D eigenvalue weighted by Gasteiger charge is -2.32. The van der Waals surface area contributed by atoms with Crippen molar-refractivity contribution in [1.82, 2.24) is 19.4 Å². The molecule has 3 rings (SSSR count). The molecule has 0 saturated carbocycles. The predicted octanol–water partition coefficient (Wildman–Crippen LogP) is 1.49. The van der Waals surface area contributed by atoms with Gasteiger partial charge in [-0.1, -0.05) is 25.1 Å². The van der Waals surface area contributed by atoms with Crippen LogP contribution in [0.25, 0.3) is 0 Å². The Morgan fingerprint density at radius 2 is 1.92 bits per heavy atom. The van der Waals surface area contributed by atoms with E-state index in [1.165, 1.54) is 4.31 Å². The van der Waals surface area contributed by atoms with Crippen LogP contribution in [0.2, 0.25) is 0 Å². The summed E-state index contributed by atoms with van der Waals surface area (Å²) in [4.78, 5) is 12.7. The maximum absolute atomic E-state index is 12.6. The molecule has 1 aliphatic heterocycles. The molecule has 0 radical (unpaired) electrons. The van der Waals surface area contributed by atoms with Crippen LogP contribution >= 0.6 is 0 Å². The number of amides is 1. The van der Waals surface area contributed by atoms with Crippen LogP contribution in [-0.4, -0.2) is 47.5 Å². The maximum Gasteiger partial charge on any atom is 0.243 e. The fourth-order valence-corrected chi connectivity index (χ4v) is 4.59. The van der Waals surface area contributed by atoms with E-state index < -0.39 is 10.0 Å². The topological polar surface area (TPSA) is 84.3 Å². The number of carbonyl (C=O) groups excluding carboxylic acids is 1. The molecule has 0 aliphatic carbocycles. The van der Waals surface area contributed by atoms with Crippen LogP contribution in [0.4, 0.5) is 0 Å². The van der Waals surface area contributed by atoms with E-state index in [2.05, 4.69) is 10.4 Å². The molecule has 0 unspecified atom stereocenters. The highest BCUT2D eigenvalue weighted by molar-refractivity contribution is 7.89. The first-order chi connectivity index (χ1) is 12.5. The lowest BCUT2D eigenvalue weighted by atomic mass is 10.0. The fraction of sp³-hybridized carbons (Fsp3) is 0.444. The van der Waals surface area contributed by atoms with Gasteiger partial charge < -0.3 is 5.32 Å². The Morgan fingerprint density at radius 3 is 2.54 bits per heavy atom. The SMILES string of the molecule is C[C@@H](Cn1cccn1)C(=O)NC1CCN(S(=O)(=O)c2ccccc2)CC1. The van der Waals surface area contributed by atoms with Gasteiger partial charge in [0.2, 0.25) is 15.9 Å². The Balaban J connectivity index is 1.51. The van der Waals surface area contributed by atoms with Gasteiger partial charge in [-0.3, -0.25) is 9.48 Å². The molecule has 1 aromatic carbocycles.